The smallest absolute Gasteiger partial charge is 0.315 e. The van der Waals surface area contributed by atoms with Gasteiger partial charge in [-0.25, -0.2) is 4.79 Å². The number of carbonyl (C=O) groups is 1. The van der Waals surface area contributed by atoms with Crippen LogP contribution < -0.4 is 20.1 Å². The predicted molar refractivity (Wildman–Crippen MR) is 94.1 cm³/mol. The SMILES string of the molecule is COc1cccc(CNC(=O)NC[C@H]2CN3CCC[C@@H]3CO2)c1OC. The minimum absolute atomic E-state index is 0.0615. The van der Waals surface area contributed by atoms with Crippen molar-refractivity contribution in [3.05, 3.63) is 23.8 Å². The van der Waals surface area contributed by atoms with Gasteiger partial charge >= 0.3 is 6.03 Å². The van der Waals surface area contributed by atoms with E-state index in [-0.39, 0.29) is 12.1 Å². The van der Waals surface area contributed by atoms with Crippen molar-refractivity contribution in [3.8, 4) is 11.5 Å². The highest BCUT2D eigenvalue weighted by molar-refractivity contribution is 5.74. The first-order valence-electron chi connectivity index (χ1n) is 8.78. The van der Waals surface area contributed by atoms with Gasteiger partial charge in [0.25, 0.3) is 0 Å². The molecule has 0 bridgehead atoms. The molecule has 25 heavy (non-hydrogen) atoms. The van der Waals surface area contributed by atoms with Crippen molar-refractivity contribution < 1.29 is 19.0 Å². The molecule has 0 saturated carbocycles. The van der Waals surface area contributed by atoms with Gasteiger partial charge in [0.2, 0.25) is 0 Å². The summed E-state index contributed by atoms with van der Waals surface area (Å²) >= 11 is 0. The molecule has 1 aromatic carbocycles. The van der Waals surface area contributed by atoms with Gasteiger partial charge in [-0.1, -0.05) is 12.1 Å². The maximum atomic E-state index is 12.1. The van der Waals surface area contributed by atoms with Crippen molar-refractivity contribution in [2.24, 2.45) is 0 Å². The zero-order chi connectivity index (χ0) is 17.6. The molecule has 2 N–H and O–H groups in total. The van der Waals surface area contributed by atoms with E-state index in [9.17, 15) is 4.79 Å². The lowest BCUT2D eigenvalue weighted by molar-refractivity contribution is -0.0457. The second-order valence-electron chi connectivity index (χ2n) is 6.46. The van der Waals surface area contributed by atoms with Crippen LogP contribution in [0.3, 0.4) is 0 Å². The second kappa shape index (κ2) is 8.40. The zero-order valence-corrected chi connectivity index (χ0v) is 14.9. The maximum absolute atomic E-state index is 12.1. The summed E-state index contributed by atoms with van der Waals surface area (Å²) in [7, 11) is 3.18. The summed E-state index contributed by atoms with van der Waals surface area (Å²) in [6.45, 7) is 3.70. The van der Waals surface area contributed by atoms with Crippen molar-refractivity contribution in [3.63, 3.8) is 0 Å². The van der Waals surface area contributed by atoms with Gasteiger partial charge in [-0.15, -0.1) is 0 Å². The number of nitrogens with zero attached hydrogens (tertiary/aromatic N) is 1. The molecule has 2 saturated heterocycles. The van der Waals surface area contributed by atoms with Gasteiger partial charge in [-0.05, 0) is 25.5 Å². The summed E-state index contributed by atoms with van der Waals surface area (Å²) in [6.07, 6.45) is 2.53. The molecule has 2 atom stereocenters. The lowest BCUT2D eigenvalue weighted by Gasteiger charge is -2.35. The highest BCUT2D eigenvalue weighted by atomic mass is 16.5. The van der Waals surface area contributed by atoms with E-state index >= 15 is 0 Å². The fourth-order valence-electron chi connectivity index (χ4n) is 3.55. The summed E-state index contributed by atoms with van der Waals surface area (Å²) in [5.74, 6) is 1.29. The first-order chi connectivity index (χ1) is 12.2. The van der Waals surface area contributed by atoms with E-state index in [2.05, 4.69) is 15.5 Å². The van der Waals surface area contributed by atoms with Gasteiger partial charge in [0.05, 0.1) is 26.9 Å². The third-order valence-electron chi connectivity index (χ3n) is 4.88. The Morgan fingerprint density at radius 3 is 3.00 bits per heavy atom. The molecule has 0 unspecified atom stereocenters. The molecule has 138 valence electrons. The molecule has 7 heteroatoms. The summed E-state index contributed by atoms with van der Waals surface area (Å²) in [6, 6.07) is 5.97. The normalized spacial score (nSPS) is 23.0. The van der Waals surface area contributed by atoms with Gasteiger partial charge in [0.15, 0.2) is 11.5 Å². The summed E-state index contributed by atoms with van der Waals surface area (Å²) in [5.41, 5.74) is 0.867. The average Bonchev–Trinajstić information content (AvgIpc) is 3.11. The Bertz CT molecular complexity index is 596. The van der Waals surface area contributed by atoms with E-state index in [0.717, 1.165) is 25.3 Å². The molecule has 2 aliphatic heterocycles. The maximum Gasteiger partial charge on any atom is 0.315 e. The van der Waals surface area contributed by atoms with Crippen molar-refractivity contribution in [1.29, 1.82) is 0 Å². The van der Waals surface area contributed by atoms with E-state index < -0.39 is 0 Å². The number of ether oxygens (including phenoxy) is 3. The molecule has 0 spiro atoms. The van der Waals surface area contributed by atoms with Crippen LogP contribution in [0.1, 0.15) is 18.4 Å². The number of fused-ring (bicyclic) bond motifs is 1. The first-order valence-corrected chi connectivity index (χ1v) is 8.78. The lowest BCUT2D eigenvalue weighted by Crippen LogP contribution is -2.51. The molecule has 7 nitrogen and oxygen atoms in total. The monoisotopic (exact) mass is 349 g/mol. The minimum Gasteiger partial charge on any atom is -0.493 e. The van der Waals surface area contributed by atoms with Crippen LogP contribution in [0.2, 0.25) is 0 Å². The fourth-order valence-corrected chi connectivity index (χ4v) is 3.55. The van der Waals surface area contributed by atoms with E-state index in [1.165, 1.54) is 12.8 Å². The van der Waals surface area contributed by atoms with E-state index in [1.54, 1.807) is 14.2 Å². The Labute approximate surface area is 148 Å². The van der Waals surface area contributed by atoms with E-state index in [0.29, 0.717) is 30.6 Å². The second-order valence-corrected chi connectivity index (χ2v) is 6.46. The Morgan fingerprint density at radius 1 is 1.32 bits per heavy atom. The highest BCUT2D eigenvalue weighted by Crippen LogP contribution is 2.30. The van der Waals surface area contributed by atoms with Crippen molar-refractivity contribution in [2.45, 2.75) is 31.5 Å². The lowest BCUT2D eigenvalue weighted by atomic mass is 10.2. The molecular weight excluding hydrogens is 322 g/mol. The van der Waals surface area contributed by atoms with E-state index in [4.69, 9.17) is 14.2 Å². The topological polar surface area (TPSA) is 72.1 Å². The minimum atomic E-state index is -0.211. The number of amides is 2. The molecule has 2 aliphatic rings. The molecule has 2 amide bonds. The largest absolute Gasteiger partial charge is 0.493 e. The van der Waals surface area contributed by atoms with Gasteiger partial charge in [0, 0.05) is 31.2 Å². The van der Waals surface area contributed by atoms with Crippen molar-refractivity contribution in [2.75, 3.05) is 40.5 Å². The number of rotatable bonds is 6. The Balaban J connectivity index is 1.44. The van der Waals surface area contributed by atoms with Crippen LogP contribution in [0.25, 0.3) is 0 Å². The molecule has 0 aliphatic carbocycles. The quantitative estimate of drug-likeness (QED) is 0.812. The molecule has 0 radical (unpaired) electrons. The number of morpholine rings is 1. The molecular formula is C18H27N3O4. The standard InChI is InChI=1S/C18H27N3O4/c1-23-16-7-3-5-13(17(16)24-2)9-19-18(22)20-10-15-11-21-8-4-6-14(21)12-25-15/h3,5,7,14-15H,4,6,8-12H2,1-2H3,(H2,19,20,22)/t14-,15+/m1/s1. The first kappa shape index (κ1) is 17.8. The van der Waals surface area contributed by atoms with Crippen LogP contribution >= 0.6 is 0 Å². The van der Waals surface area contributed by atoms with Crippen molar-refractivity contribution >= 4 is 6.03 Å². The third kappa shape index (κ3) is 4.35. The predicted octanol–water partition coefficient (Wildman–Crippen LogP) is 1.37. The Hall–Kier alpha value is -1.99. The Morgan fingerprint density at radius 2 is 2.20 bits per heavy atom. The number of carbonyl (C=O) groups excluding carboxylic acids is 1. The molecule has 2 fully saturated rings. The highest BCUT2D eigenvalue weighted by Gasteiger charge is 2.32. The molecule has 0 aromatic heterocycles. The third-order valence-corrected chi connectivity index (χ3v) is 4.88. The summed E-state index contributed by atoms with van der Waals surface area (Å²) in [5, 5.41) is 5.75. The zero-order valence-electron chi connectivity index (χ0n) is 14.9. The van der Waals surface area contributed by atoms with Crippen LogP contribution in [-0.2, 0) is 11.3 Å². The molecule has 3 rings (SSSR count). The van der Waals surface area contributed by atoms with Gasteiger partial charge in [-0.2, -0.15) is 0 Å². The van der Waals surface area contributed by atoms with Crippen LogP contribution in [0, 0.1) is 0 Å². The molecule has 1 aromatic rings. The van der Waals surface area contributed by atoms with Crippen molar-refractivity contribution in [1.82, 2.24) is 15.5 Å². The van der Waals surface area contributed by atoms with Crippen LogP contribution in [0.4, 0.5) is 4.79 Å². The number of para-hydroxylation sites is 1. The Kier molecular flexibility index (Phi) is 5.99. The molecule has 2 heterocycles. The van der Waals surface area contributed by atoms with Crippen LogP contribution in [0.5, 0.6) is 11.5 Å². The number of benzene rings is 1. The average molecular weight is 349 g/mol. The van der Waals surface area contributed by atoms with Gasteiger partial charge < -0.3 is 24.8 Å². The van der Waals surface area contributed by atoms with Gasteiger partial charge in [0.1, 0.15) is 0 Å². The number of methoxy groups -OCH3 is 2. The fraction of sp³-hybridized carbons (Fsp3) is 0.611. The number of hydrogen-bond acceptors (Lipinski definition) is 5. The summed E-state index contributed by atoms with van der Waals surface area (Å²) < 4.78 is 16.5. The number of nitrogens with one attached hydrogen (secondary N) is 2. The van der Waals surface area contributed by atoms with E-state index in [1.807, 2.05) is 18.2 Å². The van der Waals surface area contributed by atoms with Gasteiger partial charge in [-0.3, -0.25) is 4.90 Å². The summed E-state index contributed by atoms with van der Waals surface area (Å²) in [4.78, 5) is 14.5. The number of urea groups is 1. The number of hydrogen-bond donors (Lipinski definition) is 2. The van der Waals surface area contributed by atoms with Crippen LogP contribution in [0.15, 0.2) is 18.2 Å². The van der Waals surface area contributed by atoms with Crippen LogP contribution in [-0.4, -0.2) is 63.5 Å².